The number of aromatic nitrogens is 4. The fourth-order valence-corrected chi connectivity index (χ4v) is 2.79. The summed E-state index contributed by atoms with van der Waals surface area (Å²) in [6.07, 6.45) is 8.67. The van der Waals surface area contributed by atoms with E-state index in [1.165, 1.54) is 6.20 Å². The van der Waals surface area contributed by atoms with Crippen LogP contribution in [0.3, 0.4) is 0 Å². The first-order valence-electron chi connectivity index (χ1n) is 8.38. The molecule has 0 amide bonds. The van der Waals surface area contributed by atoms with Crippen LogP contribution in [0.25, 0.3) is 22.9 Å². The van der Waals surface area contributed by atoms with E-state index >= 15 is 0 Å². The SMILES string of the molecule is N#C/C(=C\c1cn(Cc2ccccc2)nc1-c1cccnc1)c1ccno1. The summed E-state index contributed by atoms with van der Waals surface area (Å²) in [6.45, 7) is 0.631. The van der Waals surface area contributed by atoms with Gasteiger partial charge >= 0.3 is 0 Å². The number of hydrogen-bond acceptors (Lipinski definition) is 5. The number of nitriles is 1. The van der Waals surface area contributed by atoms with Crippen molar-refractivity contribution in [1.29, 1.82) is 5.26 Å². The van der Waals surface area contributed by atoms with E-state index in [9.17, 15) is 5.26 Å². The summed E-state index contributed by atoms with van der Waals surface area (Å²) >= 11 is 0. The molecule has 0 bridgehead atoms. The Morgan fingerprint density at radius 2 is 2.00 bits per heavy atom. The van der Waals surface area contributed by atoms with Crippen molar-refractivity contribution >= 4 is 11.6 Å². The van der Waals surface area contributed by atoms with Gasteiger partial charge in [-0.05, 0) is 23.8 Å². The fraction of sp³-hybridized carbons (Fsp3) is 0.0476. The van der Waals surface area contributed by atoms with Crippen LogP contribution in [0, 0.1) is 11.3 Å². The monoisotopic (exact) mass is 353 g/mol. The molecule has 0 N–H and O–H groups in total. The van der Waals surface area contributed by atoms with E-state index in [1.54, 1.807) is 24.5 Å². The Kier molecular flexibility index (Phi) is 4.58. The van der Waals surface area contributed by atoms with Crippen molar-refractivity contribution < 1.29 is 4.52 Å². The lowest BCUT2D eigenvalue weighted by atomic mass is 10.1. The summed E-state index contributed by atoms with van der Waals surface area (Å²) < 4.78 is 6.99. The molecule has 0 radical (unpaired) electrons. The van der Waals surface area contributed by atoms with E-state index in [-0.39, 0.29) is 0 Å². The second-order valence-electron chi connectivity index (χ2n) is 5.90. The Bertz CT molecular complexity index is 1090. The maximum Gasteiger partial charge on any atom is 0.177 e. The summed E-state index contributed by atoms with van der Waals surface area (Å²) in [7, 11) is 0. The molecule has 3 aromatic heterocycles. The zero-order valence-corrected chi connectivity index (χ0v) is 14.4. The molecule has 0 saturated heterocycles. The van der Waals surface area contributed by atoms with Crippen LogP contribution in [0.2, 0.25) is 0 Å². The highest BCUT2D eigenvalue weighted by Gasteiger charge is 2.13. The lowest BCUT2D eigenvalue weighted by Crippen LogP contribution is -2.00. The van der Waals surface area contributed by atoms with E-state index in [0.29, 0.717) is 17.9 Å². The predicted molar refractivity (Wildman–Crippen MR) is 101 cm³/mol. The number of nitrogens with zero attached hydrogens (tertiary/aromatic N) is 5. The van der Waals surface area contributed by atoms with E-state index in [2.05, 4.69) is 28.3 Å². The maximum absolute atomic E-state index is 9.52. The second kappa shape index (κ2) is 7.50. The Morgan fingerprint density at radius 1 is 1.11 bits per heavy atom. The van der Waals surface area contributed by atoms with Gasteiger partial charge in [0.2, 0.25) is 0 Å². The number of rotatable bonds is 5. The van der Waals surface area contributed by atoms with Gasteiger partial charge in [0.05, 0.1) is 18.3 Å². The molecular formula is C21H15N5O. The third-order valence-corrected chi connectivity index (χ3v) is 4.04. The van der Waals surface area contributed by atoms with Gasteiger partial charge in [-0.15, -0.1) is 0 Å². The summed E-state index contributed by atoms with van der Waals surface area (Å²) in [6, 6.07) is 17.7. The second-order valence-corrected chi connectivity index (χ2v) is 5.90. The van der Waals surface area contributed by atoms with Crippen molar-refractivity contribution in [3.8, 4) is 17.3 Å². The fourth-order valence-electron chi connectivity index (χ4n) is 2.79. The van der Waals surface area contributed by atoms with Gasteiger partial charge in [0, 0.05) is 35.8 Å². The first-order valence-corrected chi connectivity index (χ1v) is 8.38. The molecule has 0 aliphatic carbocycles. The normalized spacial score (nSPS) is 11.3. The minimum atomic E-state index is 0.386. The Labute approximate surface area is 156 Å². The van der Waals surface area contributed by atoms with E-state index in [1.807, 2.05) is 41.2 Å². The molecule has 4 aromatic rings. The van der Waals surface area contributed by atoms with Crippen LogP contribution in [0.1, 0.15) is 16.9 Å². The number of allylic oxidation sites excluding steroid dienone is 1. The van der Waals surface area contributed by atoms with Crippen molar-refractivity contribution in [3.63, 3.8) is 0 Å². The van der Waals surface area contributed by atoms with E-state index in [0.717, 1.165) is 22.4 Å². The standard InChI is InChI=1S/C21H15N5O/c22-12-18(20-8-10-24-27-20)11-19-15-26(14-16-5-2-1-3-6-16)25-21(19)17-7-4-9-23-13-17/h1-11,13,15H,14H2/b18-11+. The van der Waals surface area contributed by atoms with Crippen molar-refractivity contribution in [3.05, 3.63) is 90.2 Å². The molecule has 3 heterocycles. The Morgan fingerprint density at radius 3 is 2.70 bits per heavy atom. The summed E-state index contributed by atoms with van der Waals surface area (Å²) in [5.74, 6) is 0.422. The van der Waals surface area contributed by atoms with E-state index in [4.69, 9.17) is 9.62 Å². The Hall–Kier alpha value is -3.98. The van der Waals surface area contributed by atoms with Gasteiger partial charge in [-0.3, -0.25) is 9.67 Å². The van der Waals surface area contributed by atoms with Crippen LogP contribution in [0.4, 0.5) is 0 Å². The van der Waals surface area contributed by atoms with Crippen molar-refractivity contribution in [2.75, 3.05) is 0 Å². The molecule has 6 nitrogen and oxygen atoms in total. The zero-order chi connectivity index (χ0) is 18.5. The molecule has 0 spiro atoms. The lowest BCUT2D eigenvalue weighted by Gasteiger charge is -2.01. The smallest absolute Gasteiger partial charge is 0.177 e. The molecule has 27 heavy (non-hydrogen) atoms. The van der Waals surface area contributed by atoms with Crippen LogP contribution in [0.15, 0.2) is 77.8 Å². The van der Waals surface area contributed by atoms with Gasteiger partial charge in [0.25, 0.3) is 0 Å². The topological polar surface area (TPSA) is 80.5 Å². The zero-order valence-electron chi connectivity index (χ0n) is 14.4. The van der Waals surface area contributed by atoms with Gasteiger partial charge in [-0.1, -0.05) is 35.5 Å². The largest absolute Gasteiger partial charge is 0.356 e. The Balaban J connectivity index is 1.78. The molecule has 0 aliphatic heterocycles. The van der Waals surface area contributed by atoms with Crippen LogP contribution in [-0.2, 0) is 6.54 Å². The molecule has 0 saturated carbocycles. The summed E-state index contributed by atoms with van der Waals surface area (Å²) in [5, 5.41) is 17.9. The van der Waals surface area contributed by atoms with Crippen LogP contribution in [-0.4, -0.2) is 19.9 Å². The van der Waals surface area contributed by atoms with Crippen LogP contribution < -0.4 is 0 Å². The molecular weight excluding hydrogens is 338 g/mol. The minimum Gasteiger partial charge on any atom is -0.356 e. The highest BCUT2D eigenvalue weighted by Crippen LogP contribution is 2.26. The molecule has 6 heteroatoms. The first kappa shape index (κ1) is 16.5. The van der Waals surface area contributed by atoms with Crippen molar-refractivity contribution in [1.82, 2.24) is 19.9 Å². The predicted octanol–water partition coefficient (Wildman–Crippen LogP) is 4.05. The quantitative estimate of drug-likeness (QED) is 0.506. The molecule has 0 fully saturated rings. The third kappa shape index (κ3) is 3.67. The van der Waals surface area contributed by atoms with Crippen molar-refractivity contribution in [2.45, 2.75) is 6.54 Å². The molecule has 0 atom stereocenters. The van der Waals surface area contributed by atoms with Crippen LogP contribution >= 0.6 is 0 Å². The van der Waals surface area contributed by atoms with Crippen molar-refractivity contribution in [2.24, 2.45) is 0 Å². The minimum absolute atomic E-state index is 0.386. The van der Waals surface area contributed by atoms with Crippen LogP contribution in [0.5, 0.6) is 0 Å². The number of benzene rings is 1. The highest BCUT2D eigenvalue weighted by molar-refractivity contribution is 5.90. The maximum atomic E-state index is 9.52. The lowest BCUT2D eigenvalue weighted by molar-refractivity contribution is 0.411. The summed E-state index contributed by atoms with van der Waals surface area (Å²) in [5.41, 5.74) is 3.98. The molecule has 0 unspecified atom stereocenters. The average Bonchev–Trinajstić information content (AvgIpc) is 3.38. The van der Waals surface area contributed by atoms with Gasteiger partial charge in [0.1, 0.15) is 11.8 Å². The van der Waals surface area contributed by atoms with Gasteiger partial charge < -0.3 is 4.52 Å². The molecule has 1 aromatic carbocycles. The van der Waals surface area contributed by atoms with Gasteiger partial charge in [-0.25, -0.2) is 0 Å². The highest BCUT2D eigenvalue weighted by atomic mass is 16.5. The van der Waals surface area contributed by atoms with E-state index < -0.39 is 0 Å². The number of hydrogen-bond donors (Lipinski definition) is 0. The van der Waals surface area contributed by atoms with Gasteiger partial charge in [-0.2, -0.15) is 10.4 Å². The molecule has 0 aliphatic rings. The average molecular weight is 353 g/mol. The first-order chi connectivity index (χ1) is 13.3. The molecule has 130 valence electrons. The summed E-state index contributed by atoms with van der Waals surface area (Å²) in [4.78, 5) is 4.18. The number of pyridine rings is 1. The molecule has 4 rings (SSSR count). The van der Waals surface area contributed by atoms with Gasteiger partial charge in [0.15, 0.2) is 5.76 Å². The third-order valence-electron chi connectivity index (χ3n) is 4.04.